The van der Waals surface area contributed by atoms with Gasteiger partial charge in [0.1, 0.15) is 0 Å². The van der Waals surface area contributed by atoms with Crippen molar-refractivity contribution in [2.45, 2.75) is 56.5 Å². The van der Waals surface area contributed by atoms with Gasteiger partial charge in [-0.05, 0) is 38.2 Å². The highest BCUT2D eigenvalue weighted by Crippen LogP contribution is 2.38. The molecule has 0 N–H and O–H groups in total. The molecule has 1 aromatic rings. The lowest BCUT2D eigenvalue weighted by atomic mass is 10.0. The largest absolute Gasteiger partial charge is 0.336 e. The molecule has 2 nitrogen and oxygen atoms in total. The van der Waals surface area contributed by atoms with E-state index in [1.165, 1.54) is 5.56 Å². The summed E-state index contributed by atoms with van der Waals surface area (Å²) < 4.78 is 0. The van der Waals surface area contributed by atoms with Crippen LogP contribution in [0.4, 0.5) is 0 Å². The van der Waals surface area contributed by atoms with Gasteiger partial charge in [0.2, 0.25) is 5.91 Å². The van der Waals surface area contributed by atoms with Crippen LogP contribution in [0.25, 0.3) is 0 Å². The second kappa shape index (κ2) is 5.16. The number of halogens is 1. The molecule has 2 aliphatic rings. The first-order chi connectivity index (χ1) is 9.13. The number of hydrogen-bond donors (Lipinski definition) is 0. The van der Waals surface area contributed by atoms with Crippen molar-refractivity contribution in [3.8, 4) is 0 Å². The second-order valence-electron chi connectivity index (χ2n) is 5.92. The van der Waals surface area contributed by atoms with Crippen LogP contribution < -0.4 is 0 Å². The van der Waals surface area contributed by atoms with Crippen molar-refractivity contribution in [3.63, 3.8) is 0 Å². The maximum Gasteiger partial charge on any atom is 0.227 e. The predicted octanol–water partition coefficient (Wildman–Crippen LogP) is 3.30. The molecule has 2 saturated heterocycles. The van der Waals surface area contributed by atoms with Gasteiger partial charge in [-0.15, -0.1) is 11.6 Å². The Morgan fingerprint density at radius 1 is 1.32 bits per heavy atom. The summed E-state index contributed by atoms with van der Waals surface area (Å²) in [5.41, 5.74) is 2.34. The summed E-state index contributed by atoms with van der Waals surface area (Å²) in [7, 11) is 0. The van der Waals surface area contributed by atoms with Crippen LogP contribution in [0.15, 0.2) is 24.3 Å². The van der Waals surface area contributed by atoms with Crippen LogP contribution in [0, 0.1) is 6.92 Å². The van der Waals surface area contributed by atoms with Gasteiger partial charge in [-0.1, -0.05) is 29.8 Å². The Bertz CT molecular complexity index is 473. The summed E-state index contributed by atoms with van der Waals surface area (Å²) in [5.74, 6) is 0.279. The predicted molar refractivity (Wildman–Crippen MR) is 77.4 cm³/mol. The van der Waals surface area contributed by atoms with Crippen LogP contribution in [0.2, 0.25) is 0 Å². The van der Waals surface area contributed by atoms with E-state index in [0.29, 0.717) is 18.5 Å². The molecule has 1 aromatic carbocycles. The average molecular weight is 278 g/mol. The number of nitrogens with zero attached hydrogens (tertiary/aromatic N) is 1. The van der Waals surface area contributed by atoms with E-state index in [9.17, 15) is 4.79 Å². The van der Waals surface area contributed by atoms with Crippen molar-refractivity contribution in [2.75, 3.05) is 0 Å². The number of amides is 1. The van der Waals surface area contributed by atoms with Crippen molar-refractivity contribution in [2.24, 2.45) is 0 Å². The van der Waals surface area contributed by atoms with Crippen molar-refractivity contribution < 1.29 is 4.79 Å². The van der Waals surface area contributed by atoms with Crippen LogP contribution in [-0.2, 0) is 11.2 Å². The zero-order valence-corrected chi connectivity index (χ0v) is 12.1. The summed E-state index contributed by atoms with van der Waals surface area (Å²) in [5, 5.41) is 0.264. The first-order valence-corrected chi connectivity index (χ1v) is 7.58. The number of fused-ring (bicyclic) bond motifs is 2. The fraction of sp³-hybridized carbons (Fsp3) is 0.562. The van der Waals surface area contributed by atoms with E-state index in [0.717, 1.165) is 31.2 Å². The number of alkyl halides is 1. The summed E-state index contributed by atoms with van der Waals surface area (Å²) >= 11 is 6.26. The highest BCUT2D eigenvalue weighted by atomic mass is 35.5. The topological polar surface area (TPSA) is 20.3 Å². The van der Waals surface area contributed by atoms with Crippen molar-refractivity contribution in [3.05, 3.63) is 35.4 Å². The van der Waals surface area contributed by atoms with Gasteiger partial charge in [-0.2, -0.15) is 0 Å². The molecule has 0 aliphatic carbocycles. The maximum atomic E-state index is 12.5. The van der Waals surface area contributed by atoms with Crippen molar-refractivity contribution in [1.82, 2.24) is 4.90 Å². The lowest BCUT2D eigenvalue weighted by Gasteiger charge is -2.37. The standard InChI is InChI=1S/C16H20ClNO/c1-11-3-2-4-12(7-11)8-16(19)18-14-5-6-15(18)10-13(17)9-14/h2-4,7,13-15H,5-6,8-10H2,1H3. The van der Waals surface area contributed by atoms with Crippen LogP contribution >= 0.6 is 11.6 Å². The zero-order valence-electron chi connectivity index (χ0n) is 11.3. The van der Waals surface area contributed by atoms with Gasteiger partial charge < -0.3 is 4.90 Å². The Morgan fingerprint density at radius 3 is 2.63 bits per heavy atom. The van der Waals surface area contributed by atoms with E-state index in [1.54, 1.807) is 0 Å². The number of benzene rings is 1. The highest BCUT2D eigenvalue weighted by Gasteiger charge is 2.42. The Kier molecular flexibility index (Phi) is 3.53. The lowest BCUT2D eigenvalue weighted by molar-refractivity contribution is -0.134. The molecule has 0 aromatic heterocycles. The molecule has 2 atom stereocenters. The van der Waals surface area contributed by atoms with Gasteiger partial charge >= 0.3 is 0 Å². The SMILES string of the molecule is Cc1cccc(CC(=O)N2C3CCC2CC(Cl)C3)c1. The minimum atomic E-state index is 0.264. The van der Waals surface area contributed by atoms with E-state index in [1.807, 2.05) is 12.1 Å². The molecular weight excluding hydrogens is 258 g/mol. The molecule has 19 heavy (non-hydrogen) atoms. The summed E-state index contributed by atoms with van der Waals surface area (Å²) in [6, 6.07) is 9.01. The number of carbonyl (C=O) groups excluding carboxylic acids is 1. The number of rotatable bonds is 2. The van der Waals surface area contributed by atoms with E-state index >= 15 is 0 Å². The molecular formula is C16H20ClNO. The Morgan fingerprint density at radius 2 is 2.00 bits per heavy atom. The third kappa shape index (κ3) is 2.64. The van der Waals surface area contributed by atoms with Crippen LogP contribution in [0.1, 0.15) is 36.8 Å². The normalized spacial score (nSPS) is 29.6. The molecule has 2 heterocycles. The zero-order chi connectivity index (χ0) is 13.4. The third-order valence-electron chi connectivity index (χ3n) is 4.40. The smallest absolute Gasteiger partial charge is 0.227 e. The summed E-state index contributed by atoms with van der Waals surface area (Å²) in [6.45, 7) is 2.07. The molecule has 2 fully saturated rings. The first-order valence-electron chi connectivity index (χ1n) is 7.14. The maximum absolute atomic E-state index is 12.5. The number of piperidine rings is 1. The van der Waals surface area contributed by atoms with Crippen molar-refractivity contribution >= 4 is 17.5 Å². The van der Waals surface area contributed by atoms with Gasteiger partial charge in [0.15, 0.2) is 0 Å². The quantitative estimate of drug-likeness (QED) is 0.760. The minimum absolute atomic E-state index is 0.264. The molecule has 0 saturated carbocycles. The van der Waals surface area contributed by atoms with Crippen LogP contribution in [-0.4, -0.2) is 28.3 Å². The van der Waals surface area contributed by atoms with Crippen molar-refractivity contribution in [1.29, 1.82) is 0 Å². The number of carbonyl (C=O) groups is 1. The van der Waals surface area contributed by atoms with Gasteiger partial charge in [-0.25, -0.2) is 0 Å². The molecule has 0 radical (unpaired) electrons. The van der Waals surface area contributed by atoms with E-state index in [-0.39, 0.29) is 11.3 Å². The van der Waals surface area contributed by atoms with Crippen LogP contribution in [0.3, 0.4) is 0 Å². The van der Waals surface area contributed by atoms with Crippen LogP contribution in [0.5, 0.6) is 0 Å². The fourth-order valence-electron chi connectivity index (χ4n) is 3.61. The summed E-state index contributed by atoms with van der Waals surface area (Å²) in [6.07, 6.45) is 4.73. The first kappa shape index (κ1) is 13.0. The van der Waals surface area contributed by atoms with Gasteiger partial charge in [0.25, 0.3) is 0 Å². The number of hydrogen-bond acceptors (Lipinski definition) is 1. The van der Waals surface area contributed by atoms with E-state index in [4.69, 9.17) is 11.6 Å². The fourth-order valence-corrected chi connectivity index (χ4v) is 4.02. The molecule has 3 heteroatoms. The second-order valence-corrected chi connectivity index (χ2v) is 6.54. The Balaban J connectivity index is 1.71. The Labute approximate surface area is 119 Å². The molecule has 3 rings (SSSR count). The van der Waals surface area contributed by atoms with E-state index < -0.39 is 0 Å². The monoisotopic (exact) mass is 277 g/mol. The van der Waals surface area contributed by atoms with Gasteiger partial charge in [0, 0.05) is 17.5 Å². The molecule has 0 spiro atoms. The molecule has 2 unspecified atom stereocenters. The van der Waals surface area contributed by atoms with E-state index in [2.05, 4.69) is 24.0 Å². The average Bonchev–Trinajstić information content (AvgIpc) is 2.62. The molecule has 2 bridgehead atoms. The molecule has 1 amide bonds. The number of aryl methyl sites for hydroxylation is 1. The summed E-state index contributed by atoms with van der Waals surface area (Å²) in [4.78, 5) is 14.7. The third-order valence-corrected chi connectivity index (χ3v) is 4.76. The van der Waals surface area contributed by atoms with Gasteiger partial charge in [0.05, 0.1) is 6.42 Å². The highest BCUT2D eigenvalue weighted by molar-refractivity contribution is 6.20. The molecule has 102 valence electrons. The molecule has 2 aliphatic heterocycles. The Hall–Kier alpha value is -1.02. The lowest BCUT2D eigenvalue weighted by Crippen LogP contribution is -2.47. The van der Waals surface area contributed by atoms with Gasteiger partial charge in [-0.3, -0.25) is 4.79 Å². The minimum Gasteiger partial charge on any atom is -0.336 e.